The molecule has 5 rings (SSSR count). The van der Waals surface area contributed by atoms with E-state index >= 15 is 0 Å². The van der Waals surface area contributed by atoms with Gasteiger partial charge in [-0.15, -0.1) is 10.2 Å². The van der Waals surface area contributed by atoms with Crippen LogP contribution in [0.1, 0.15) is 56.3 Å². The summed E-state index contributed by atoms with van der Waals surface area (Å²) in [6.07, 6.45) is 8.90. The molecule has 2 fully saturated rings. The minimum Gasteiger partial charge on any atom is -0.489 e. The first kappa shape index (κ1) is 19.9. The number of rotatable bonds is 8. The van der Waals surface area contributed by atoms with Crippen molar-refractivity contribution >= 4 is 5.95 Å². The lowest BCUT2D eigenvalue weighted by Crippen LogP contribution is -2.20. The molecule has 0 aliphatic heterocycles. The highest BCUT2D eigenvalue weighted by atomic mass is 16.5. The topological polar surface area (TPSA) is 108 Å². The van der Waals surface area contributed by atoms with Crippen molar-refractivity contribution in [1.82, 2.24) is 40.2 Å². The number of anilines is 1. The summed E-state index contributed by atoms with van der Waals surface area (Å²) in [6.45, 7) is 3.30. The standard InChI is InChI=1S/C21H29N9O/c1-14-19(31-16-6-4-3-5-7-16)11-10-17(23-14)20-18(29(2)27-24-20)13-30-26-21(25-28-30)22-12-15-8-9-15/h10-11,15-16H,3-9,12-13H2,1-2H3,(H,22,26). The van der Waals surface area contributed by atoms with E-state index in [1.807, 2.05) is 26.1 Å². The number of ether oxygens (including phenoxy) is 1. The Hall–Kier alpha value is -3.04. The summed E-state index contributed by atoms with van der Waals surface area (Å²) >= 11 is 0. The molecule has 0 bridgehead atoms. The summed E-state index contributed by atoms with van der Waals surface area (Å²) in [7, 11) is 1.86. The fraction of sp³-hybridized carbons (Fsp3) is 0.619. The molecule has 0 saturated heterocycles. The van der Waals surface area contributed by atoms with Crippen molar-refractivity contribution < 1.29 is 4.74 Å². The van der Waals surface area contributed by atoms with Gasteiger partial charge in [-0.25, -0.2) is 9.67 Å². The molecule has 10 nitrogen and oxygen atoms in total. The highest BCUT2D eigenvalue weighted by Gasteiger charge is 2.22. The third-order valence-electron chi connectivity index (χ3n) is 6.06. The average Bonchev–Trinajstić information content (AvgIpc) is 3.40. The maximum absolute atomic E-state index is 6.21. The highest BCUT2D eigenvalue weighted by molar-refractivity contribution is 5.58. The number of tetrazole rings is 1. The fourth-order valence-electron chi connectivity index (χ4n) is 3.99. The average molecular weight is 424 g/mol. The smallest absolute Gasteiger partial charge is 0.263 e. The molecular formula is C21H29N9O. The molecule has 0 radical (unpaired) electrons. The SMILES string of the molecule is Cc1nc(-c2nnn(C)c2Cn2nnc(NCC3CC3)n2)ccc1OC1CCCCC1. The second kappa shape index (κ2) is 8.60. The van der Waals surface area contributed by atoms with E-state index in [2.05, 4.69) is 31.0 Å². The van der Waals surface area contributed by atoms with Crippen LogP contribution in [0.4, 0.5) is 5.95 Å². The van der Waals surface area contributed by atoms with Crippen LogP contribution < -0.4 is 10.1 Å². The van der Waals surface area contributed by atoms with E-state index in [1.54, 1.807) is 9.48 Å². The highest BCUT2D eigenvalue weighted by Crippen LogP contribution is 2.29. The Morgan fingerprint density at radius 3 is 2.68 bits per heavy atom. The molecule has 0 aromatic carbocycles. The molecule has 2 aliphatic carbocycles. The molecule has 0 unspecified atom stereocenters. The van der Waals surface area contributed by atoms with Crippen LogP contribution in [0.2, 0.25) is 0 Å². The largest absolute Gasteiger partial charge is 0.489 e. The Balaban J connectivity index is 1.31. The first-order valence-electron chi connectivity index (χ1n) is 11.2. The van der Waals surface area contributed by atoms with Gasteiger partial charge in [0.15, 0.2) is 0 Å². The monoisotopic (exact) mass is 423 g/mol. The maximum atomic E-state index is 6.21. The van der Waals surface area contributed by atoms with Crippen LogP contribution >= 0.6 is 0 Å². The zero-order chi connectivity index (χ0) is 21.2. The minimum absolute atomic E-state index is 0.299. The molecule has 2 aliphatic rings. The lowest BCUT2D eigenvalue weighted by Gasteiger charge is -2.23. The number of hydrogen-bond acceptors (Lipinski definition) is 8. The third-order valence-corrected chi connectivity index (χ3v) is 6.06. The normalized spacial score (nSPS) is 17.1. The molecule has 1 N–H and O–H groups in total. The molecular weight excluding hydrogens is 394 g/mol. The molecule has 2 saturated carbocycles. The molecule has 3 aromatic heterocycles. The lowest BCUT2D eigenvalue weighted by molar-refractivity contribution is 0.153. The number of aromatic nitrogens is 8. The summed E-state index contributed by atoms with van der Waals surface area (Å²) in [4.78, 5) is 6.33. The van der Waals surface area contributed by atoms with Crippen LogP contribution in [0.5, 0.6) is 5.75 Å². The Kier molecular flexibility index (Phi) is 5.52. The Morgan fingerprint density at radius 1 is 1.06 bits per heavy atom. The number of pyridine rings is 1. The third kappa shape index (κ3) is 4.67. The van der Waals surface area contributed by atoms with Gasteiger partial charge in [-0.2, -0.15) is 4.80 Å². The molecule has 31 heavy (non-hydrogen) atoms. The quantitative estimate of drug-likeness (QED) is 0.589. The molecule has 0 spiro atoms. The van der Waals surface area contributed by atoms with Crippen molar-refractivity contribution in [3.63, 3.8) is 0 Å². The van der Waals surface area contributed by atoms with Gasteiger partial charge < -0.3 is 10.1 Å². The van der Waals surface area contributed by atoms with Crippen molar-refractivity contribution in [2.75, 3.05) is 11.9 Å². The first-order valence-corrected chi connectivity index (χ1v) is 11.2. The van der Waals surface area contributed by atoms with Crippen LogP contribution in [-0.2, 0) is 13.6 Å². The van der Waals surface area contributed by atoms with Crippen molar-refractivity contribution in [2.45, 2.75) is 64.5 Å². The zero-order valence-electron chi connectivity index (χ0n) is 18.2. The second-order valence-electron chi connectivity index (χ2n) is 8.63. The number of aryl methyl sites for hydroxylation is 2. The van der Waals surface area contributed by atoms with Crippen LogP contribution in [0, 0.1) is 12.8 Å². The van der Waals surface area contributed by atoms with E-state index in [0.29, 0.717) is 18.6 Å². The van der Waals surface area contributed by atoms with E-state index in [9.17, 15) is 0 Å². The van der Waals surface area contributed by atoms with E-state index in [4.69, 9.17) is 9.72 Å². The minimum atomic E-state index is 0.299. The Bertz CT molecular complexity index is 1030. The van der Waals surface area contributed by atoms with Crippen LogP contribution in [0.3, 0.4) is 0 Å². The van der Waals surface area contributed by atoms with Gasteiger partial charge in [0.2, 0.25) is 0 Å². The van der Waals surface area contributed by atoms with Crippen LogP contribution in [-0.4, -0.2) is 52.8 Å². The van der Waals surface area contributed by atoms with Gasteiger partial charge in [-0.1, -0.05) is 16.7 Å². The summed E-state index contributed by atoms with van der Waals surface area (Å²) < 4.78 is 7.95. The van der Waals surface area contributed by atoms with Gasteiger partial charge >= 0.3 is 0 Å². The summed E-state index contributed by atoms with van der Waals surface area (Å²) in [6, 6.07) is 3.95. The van der Waals surface area contributed by atoms with Gasteiger partial charge in [0.1, 0.15) is 18.0 Å². The Labute approximate surface area is 181 Å². The summed E-state index contributed by atoms with van der Waals surface area (Å²) in [5, 5.41) is 24.5. The van der Waals surface area contributed by atoms with Crippen molar-refractivity contribution in [3.05, 3.63) is 23.5 Å². The molecule has 164 valence electrons. The number of hydrogen-bond donors (Lipinski definition) is 1. The number of nitrogens with one attached hydrogen (secondary N) is 1. The number of nitrogens with zero attached hydrogens (tertiary/aromatic N) is 8. The van der Waals surface area contributed by atoms with E-state index in [1.165, 1.54) is 32.1 Å². The zero-order valence-corrected chi connectivity index (χ0v) is 18.2. The summed E-state index contributed by atoms with van der Waals surface area (Å²) in [5.74, 6) is 2.16. The first-order chi connectivity index (χ1) is 15.2. The molecule has 0 amide bonds. The van der Waals surface area contributed by atoms with Crippen molar-refractivity contribution in [1.29, 1.82) is 0 Å². The predicted molar refractivity (Wildman–Crippen MR) is 115 cm³/mol. The van der Waals surface area contributed by atoms with Crippen LogP contribution in [0.25, 0.3) is 11.4 Å². The van der Waals surface area contributed by atoms with E-state index < -0.39 is 0 Å². The van der Waals surface area contributed by atoms with Crippen LogP contribution in [0.15, 0.2) is 12.1 Å². The van der Waals surface area contributed by atoms with E-state index in [0.717, 1.165) is 53.8 Å². The second-order valence-corrected chi connectivity index (χ2v) is 8.63. The molecule has 10 heteroatoms. The molecule has 3 aromatic rings. The van der Waals surface area contributed by atoms with Gasteiger partial charge in [-0.3, -0.25) is 0 Å². The van der Waals surface area contributed by atoms with Gasteiger partial charge in [0, 0.05) is 13.6 Å². The van der Waals surface area contributed by atoms with Crippen molar-refractivity contribution in [2.24, 2.45) is 13.0 Å². The maximum Gasteiger partial charge on any atom is 0.263 e. The van der Waals surface area contributed by atoms with E-state index in [-0.39, 0.29) is 0 Å². The van der Waals surface area contributed by atoms with Gasteiger partial charge in [0.25, 0.3) is 5.95 Å². The van der Waals surface area contributed by atoms with Gasteiger partial charge in [-0.05, 0) is 68.7 Å². The fourth-order valence-corrected chi connectivity index (χ4v) is 3.99. The molecule has 3 heterocycles. The van der Waals surface area contributed by atoms with Crippen molar-refractivity contribution in [3.8, 4) is 17.1 Å². The Morgan fingerprint density at radius 2 is 1.90 bits per heavy atom. The molecule has 0 atom stereocenters. The summed E-state index contributed by atoms with van der Waals surface area (Å²) in [5.41, 5.74) is 3.23. The van der Waals surface area contributed by atoms with Gasteiger partial charge in [0.05, 0.1) is 23.2 Å². The lowest BCUT2D eigenvalue weighted by atomic mass is 9.98. The predicted octanol–water partition coefficient (Wildman–Crippen LogP) is 2.75.